The fourth-order valence-corrected chi connectivity index (χ4v) is 9.62. The van der Waals surface area contributed by atoms with Crippen molar-refractivity contribution in [2.45, 2.75) is 0 Å². The van der Waals surface area contributed by atoms with Gasteiger partial charge in [0.1, 0.15) is 22.3 Å². The standard InChI is InChI=1S/C54H32N2O2/c1-2-12-33(13-3-1)34-14-10-15-36(30-34)55-44-20-7-4-17-40(44)53-46(55)27-28-47-54(53)43-31-35(38-19-11-23-51-52(38)41-18-6-9-22-49(41)58-51)24-26-45(43)56(47)37-25-29-50-42(32-37)39-16-5-8-21-48(39)57-50/h1-32H. The zero-order valence-corrected chi connectivity index (χ0v) is 31.2. The number of furan rings is 2. The average molecular weight is 741 g/mol. The van der Waals surface area contributed by atoms with Crippen molar-refractivity contribution in [1.29, 1.82) is 0 Å². The van der Waals surface area contributed by atoms with Crippen LogP contribution in [0.25, 0.3) is 121 Å². The molecule has 58 heavy (non-hydrogen) atoms. The summed E-state index contributed by atoms with van der Waals surface area (Å²) in [6.45, 7) is 0. The van der Waals surface area contributed by atoms with Crippen LogP contribution in [0.1, 0.15) is 0 Å². The van der Waals surface area contributed by atoms with E-state index in [0.29, 0.717) is 0 Å². The highest BCUT2D eigenvalue weighted by Gasteiger charge is 2.22. The van der Waals surface area contributed by atoms with Crippen molar-refractivity contribution in [1.82, 2.24) is 9.13 Å². The molecule has 0 fully saturated rings. The fourth-order valence-electron chi connectivity index (χ4n) is 9.62. The second kappa shape index (κ2) is 11.8. The third-order valence-electron chi connectivity index (χ3n) is 12.1. The van der Waals surface area contributed by atoms with Crippen LogP contribution in [-0.4, -0.2) is 9.13 Å². The van der Waals surface area contributed by atoms with Crippen molar-refractivity contribution >= 4 is 87.5 Å². The lowest BCUT2D eigenvalue weighted by Gasteiger charge is -2.11. The van der Waals surface area contributed by atoms with Crippen LogP contribution in [0.5, 0.6) is 0 Å². The van der Waals surface area contributed by atoms with E-state index in [1.807, 2.05) is 18.2 Å². The van der Waals surface area contributed by atoms with E-state index in [2.05, 4.69) is 185 Å². The van der Waals surface area contributed by atoms with Crippen LogP contribution < -0.4 is 0 Å². The molecule has 0 aliphatic heterocycles. The molecule has 13 aromatic rings. The molecule has 0 aliphatic rings. The number of aromatic nitrogens is 2. The molecule has 4 heteroatoms. The first-order chi connectivity index (χ1) is 28.8. The molecule has 0 radical (unpaired) electrons. The zero-order chi connectivity index (χ0) is 37.9. The molecule has 4 nitrogen and oxygen atoms in total. The number of benzene rings is 9. The van der Waals surface area contributed by atoms with Gasteiger partial charge in [-0.25, -0.2) is 0 Å². The third kappa shape index (κ3) is 4.40. The third-order valence-corrected chi connectivity index (χ3v) is 12.1. The van der Waals surface area contributed by atoms with Crippen molar-refractivity contribution in [2.24, 2.45) is 0 Å². The SMILES string of the molecule is c1ccc(-c2cccc(-n3c4ccccc4c4c5c6cc(-c7cccc8oc9ccccc9c78)ccc6n(-c6ccc7oc8ccccc8c7c6)c5ccc43)c2)cc1. The molecule has 0 saturated carbocycles. The van der Waals surface area contributed by atoms with Gasteiger partial charge in [-0.2, -0.15) is 0 Å². The van der Waals surface area contributed by atoms with E-state index in [-0.39, 0.29) is 0 Å². The molecule has 4 aromatic heterocycles. The lowest BCUT2D eigenvalue weighted by Crippen LogP contribution is -1.95. The van der Waals surface area contributed by atoms with Gasteiger partial charge in [0.05, 0.1) is 22.1 Å². The van der Waals surface area contributed by atoms with Gasteiger partial charge in [-0.1, -0.05) is 115 Å². The van der Waals surface area contributed by atoms with Crippen LogP contribution in [0.4, 0.5) is 0 Å². The van der Waals surface area contributed by atoms with Crippen LogP contribution in [-0.2, 0) is 0 Å². The number of para-hydroxylation sites is 3. The minimum absolute atomic E-state index is 0.886. The van der Waals surface area contributed by atoms with Gasteiger partial charge in [-0.15, -0.1) is 0 Å². The van der Waals surface area contributed by atoms with E-state index in [0.717, 1.165) is 77.4 Å². The van der Waals surface area contributed by atoms with Crippen LogP contribution >= 0.6 is 0 Å². The van der Waals surface area contributed by atoms with Crippen LogP contribution in [0.2, 0.25) is 0 Å². The van der Waals surface area contributed by atoms with Crippen LogP contribution in [0, 0.1) is 0 Å². The molecule has 270 valence electrons. The smallest absolute Gasteiger partial charge is 0.136 e. The number of nitrogens with zero attached hydrogens (tertiary/aromatic N) is 2. The summed E-state index contributed by atoms with van der Waals surface area (Å²) in [5.41, 5.74) is 15.1. The summed E-state index contributed by atoms with van der Waals surface area (Å²) in [5, 5.41) is 9.36. The molecule has 0 unspecified atom stereocenters. The molecule has 9 aromatic carbocycles. The van der Waals surface area contributed by atoms with Crippen molar-refractivity contribution in [3.63, 3.8) is 0 Å². The molecule has 13 rings (SSSR count). The predicted molar refractivity (Wildman–Crippen MR) is 241 cm³/mol. The van der Waals surface area contributed by atoms with E-state index >= 15 is 0 Å². The minimum atomic E-state index is 0.886. The fraction of sp³-hybridized carbons (Fsp3) is 0. The highest BCUT2D eigenvalue weighted by atomic mass is 16.3. The van der Waals surface area contributed by atoms with E-state index in [4.69, 9.17) is 8.83 Å². The summed E-state index contributed by atoms with van der Waals surface area (Å²) in [4.78, 5) is 0. The summed E-state index contributed by atoms with van der Waals surface area (Å²) in [6, 6.07) is 69.6. The summed E-state index contributed by atoms with van der Waals surface area (Å²) < 4.78 is 17.5. The molecule has 0 saturated heterocycles. The molecule has 0 atom stereocenters. The number of hydrogen-bond acceptors (Lipinski definition) is 2. The first-order valence-corrected chi connectivity index (χ1v) is 19.8. The van der Waals surface area contributed by atoms with E-state index in [9.17, 15) is 0 Å². The Morgan fingerprint density at radius 2 is 0.862 bits per heavy atom. The average Bonchev–Trinajstić information content (AvgIpc) is 4.04. The topological polar surface area (TPSA) is 36.1 Å². The van der Waals surface area contributed by atoms with Crippen molar-refractivity contribution in [2.75, 3.05) is 0 Å². The molecule has 0 spiro atoms. The largest absolute Gasteiger partial charge is 0.456 e. The van der Waals surface area contributed by atoms with E-state index < -0.39 is 0 Å². The van der Waals surface area contributed by atoms with Gasteiger partial charge in [0.15, 0.2) is 0 Å². The monoisotopic (exact) mass is 740 g/mol. The van der Waals surface area contributed by atoms with Crippen molar-refractivity contribution in [3.8, 4) is 33.6 Å². The Labute approximate surface area is 332 Å². The normalized spacial score (nSPS) is 12.1. The highest BCUT2D eigenvalue weighted by Crippen LogP contribution is 2.45. The maximum atomic E-state index is 6.37. The van der Waals surface area contributed by atoms with Gasteiger partial charge in [-0.05, 0) is 101 Å². The van der Waals surface area contributed by atoms with Gasteiger partial charge >= 0.3 is 0 Å². The molecule has 0 bridgehead atoms. The Kier molecular flexibility index (Phi) is 6.41. The zero-order valence-electron chi connectivity index (χ0n) is 31.2. The van der Waals surface area contributed by atoms with Gasteiger partial charge in [0.25, 0.3) is 0 Å². The summed E-state index contributed by atoms with van der Waals surface area (Å²) in [5.74, 6) is 0. The lowest BCUT2D eigenvalue weighted by molar-refractivity contribution is 0.668. The minimum Gasteiger partial charge on any atom is -0.456 e. The maximum absolute atomic E-state index is 6.37. The number of rotatable bonds is 4. The van der Waals surface area contributed by atoms with Gasteiger partial charge < -0.3 is 18.0 Å². The van der Waals surface area contributed by atoms with Crippen LogP contribution in [0.3, 0.4) is 0 Å². The Balaban J connectivity index is 1.15. The van der Waals surface area contributed by atoms with Gasteiger partial charge in [0, 0.05) is 54.5 Å². The first kappa shape index (κ1) is 31.4. The van der Waals surface area contributed by atoms with Crippen molar-refractivity contribution < 1.29 is 8.83 Å². The number of hydrogen-bond donors (Lipinski definition) is 0. The Morgan fingerprint density at radius 3 is 1.71 bits per heavy atom. The quantitative estimate of drug-likeness (QED) is 0.180. The molecular formula is C54H32N2O2. The molecule has 0 aliphatic carbocycles. The first-order valence-electron chi connectivity index (χ1n) is 19.8. The Morgan fingerprint density at radius 1 is 0.276 bits per heavy atom. The molecular weight excluding hydrogens is 709 g/mol. The second-order valence-corrected chi connectivity index (χ2v) is 15.2. The van der Waals surface area contributed by atoms with Crippen molar-refractivity contribution in [3.05, 3.63) is 194 Å². The van der Waals surface area contributed by atoms with E-state index in [1.54, 1.807) is 0 Å². The number of fused-ring (bicyclic) bond motifs is 13. The summed E-state index contributed by atoms with van der Waals surface area (Å²) in [6.07, 6.45) is 0. The predicted octanol–water partition coefficient (Wildman–Crippen LogP) is 15.0. The Hall–Kier alpha value is -7.82. The van der Waals surface area contributed by atoms with E-state index in [1.165, 1.54) is 43.7 Å². The summed E-state index contributed by atoms with van der Waals surface area (Å²) >= 11 is 0. The van der Waals surface area contributed by atoms with Gasteiger partial charge in [0.2, 0.25) is 0 Å². The molecule has 0 amide bonds. The van der Waals surface area contributed by atoms with Crippen LogP contribution in [0.15, 0.2) is 203 Å². The Bertz CT molecular complexity index is 3800. The highest BCUT2D eigenvalue weighted by molar-refractivity contribution is 6.29. The second-order valence-electron chi connectivity index (χ2n) is 15.2. The maximum Gasteiger partial charge on any atom is 0.136 e. The lowest BCUT2D eigenvalue weighted by atomic mass is 9.97. The summed E-state index contributed by atoms with van der Waals surface area (Å²) in [7, 11) is 0. The van der Waals surface area contributed by atoms with Gasteiger partial charge in [-0.3, -0.25) is 0 Å². The molecule has 4 heterocycles. The molecule has 0 N–H and O–H groups in total.